The Hall–Kier alpha value is -1.40. The second kappa shape index (κ2) is 5.30. The minimum Gasteiger partial charge on any atom is -0.326 e. The highest BCUT2D eigenvalue weighted by Crippen LogP contribution is 2.19. The number of hydrogen-bond acceptors (Lipinski definition) is 4. The van der Waals surface area contributed by atoms with E-state index in [1.807, 2.05) is 6.92 Å². The third kappa shape index (κ3) is 3.33. The van der Waals surface area contributed by atoms with E-state index in [1.165, 1.54) is 12.1 Å². The molecule has 1 saturated heterocycles. The standard InChI is InChI=1S/C13H18N2O3S/c1-9-7-14-8-12(9)13(16)15-10-3-5-11(6-4-10)19(2,17)18/h3-6,9,12,14H,7-8H2,1-2H3,(H,15,16)/t9-,12-/m1/s1. The number of hydrogen-bond donors (Lipinski definition) is 2. The molecule has 0 saturated carbocycles. The Morgan fingerprint density at radius 2 is 1.89 bits per heavy atom. The Morgan fingerprint density at radius 1 is 1.26 bits per heavy atom. The van der Waals surface area contributed by atoms with Gasteiger partial charge in [0.15, 0.2) is 9.84 Å². The largest absolute Gasteiger partial charge is 0.326 e. The molecule has 19 heavy (non-hydrogen) atoms. The molecule has 104 valence electrons. The zero-order valence-electron chi connectivity index (χ0n) is 11.0. The van der Waals surface area contributed by atoms with Crippen LogP contribution in [-0.4, -0.2) is 33.7 Å². The molecule has 1 aromatic rings. The van der Waals surface area contributed by atoms with Gasteiger partial charge in [-0.3, -0.25) is 4.79 Å². The maximum Gasteiger partial charge on any atom is 0.229 e. The van der Waals surface area contributed by atoms with Crippen LogP contribution in [0, 0.1) is 11.8 Å². The Balaban J connectivity index is 2.06. The van der Waals surface area contributed by atoms with Gasteiger partial charge in [0.05, 0.1) is 10.8 Å². The van der Waals surface area contributed by atoms with Crippen LogP contribution in [0.2, 0.25) is 0 Å². The van der Waals surface area contributed by atoms with Gasteiger partial charge in [-0.1, -0.05) is 6.92 Å². The fraction of sp³-hybridized carbons (Fsp3) is 0.462. The van der Waals surface area contributed by atoms with Crippen LogP contribution in [0.25, 0.3) is 0 Å². The summed E-state index contributed by atoms with van der Waals surface area (Å²) in [6.07, 6.45) is 1.16. The van der Waals surface area contributed by atoms with E-state index in [4.69, 9.17) is 0 Å². The molecule has 1 aliphatic heterocycles. The summed E-state index contributed by atoms with van der Waals surface area (Å²) in [4.78, 5) is 12.3. The Bertz CT molecular complexity index is 566. The van der Waals surface area contributed by atoms with Gasteiger partial charge in [0.1, 0.15) is 0 Å². The van der Waals surface area contributed by atoms with E-state index in [0.717, 1.165) is 12.8 Å². The summed E-state index contributed by atoms with van der Waals surface area (Å²) in [5, 5.41) is 6.00. The third-order valence-electron chi connectivity index (χ3n) is 3.40. The van der Waals surface area contributed by atoms with Crippen molar-refractivity contribution >= 4 is 21.4 Å². The second-order valence-electron chi connectivity index (χ2n) is 5.03. The molecule has 5 nitrogen and oxygen atoms in total. The minimum absolute atomic E-state index is 0.0235. The fourth-order valence-corrected chi connectivity index (χ4v) is 2.81. The number of nitrogens with one attached hydrogen (secondary N) is 2. The van der Waals surface area contributed by atoms with Crippen LogP contribution >= 0.6 is 0 Å². The topological polar surface area (TPSA) is 75.3 Å². The number of rotatable bonds is 3. The van der Waals surface area contributed by atoms with Gasteiger partial charge in [-0.2, -0.15) is 0 Å². The highest BCUT2D eigenvalue weighted by Gasteiger charge is 2.29. The molecule has 2 atom stereocenters. The molecule has 1 aromatic carbocycles. The molecular weight excluding hydrogens is 264 g/mol. The van der Waals surface area contributed by atoms with Crippen LogP contribution in [0.1, 0.15) is 6.92 Å². The first-order chi connectivity index (χ1) is 8.88. The van der Waals surface area contributed by atoms with Crippen LogP contribution in [0.3, 0.4) is 0 Å². The molecule has 1 amide bonds. The van der Waals surface area contributed by atoms with Gasteiger partial charge < -0.3 is 10.6 Å². The zero-order chi connectivity index (χ0) is 14.0. The lowest BCUT2D eigenvalue weighted by atomic mass is 9.97. The van der Waals surface area contributed by atoms with E-state index in [2.05, 4.69) is 10.6 Å². The average Bonchev–Trinajstić information content (AvgIpc) is 2.75. The van der Waals surface area contributed by atoms with Gasteiger partial charge in [0, 0.05) is 18.5 Å². The highest BCUT2D eigenvalue weighted by atomic mass is 32.2. The quantitative estimate of drug-likeness (QED) is 0.863. The van der Waals surface area contributed by atoms with Gasteiger partial charge in [-0.25, -0.2) is 8.42 Å². The molecular formula is C13H18N2O3S. The SMILES string of the molecule is C[C@@H]1CNC[C@H]1C(=O)Nc1ccc(S(C)(=O)=O)cc1. The Morgan fingerprint density at radius 3 is 2.37 bits per heavy atom. The van der Waals surface area contributed by atoms with Crippen molar-refractivity contribution in [2.24, 2.45) is 11.8 Å². The van der Waals surface area contributed by atoms with E-state index in [0.29, 0.717) is 18.2 Å². The van der Waals surface area contributed by atoms with E-state index < -0.39 is 9.84 Å². The fourth-order valence-electron chi connectivity index (χ4n) is 2.18. The molecule has 0 bridgehead atoms. The van der Waals surface area contributed by atoms with Crippen LogP contribution in [0.15, 0.2) is 29.2 Å². The lowest BCUT2D eigenvalue weighted by Crippen LogP contribution is -2.27. The zero-order valence-corrected chi connectivity index (χ0v) is 11.8. The summed E-state index contributed by atoms with van der Waals surface area (Å²) in [7, 11) is -3.20. The molecule has 1 aliphatic rings. The van der Waals surface area contributed by atoms with E-state index in [-0.39, 0.29) is 16.7 Å². The second-order valence-corrected chi connectivity index (χ2v) is 7.04. The molecule has 2 rings (SSSR count). The van der Waals surface area contributed by atoms with E-state index in [9.17, 15) is 13.2 Å². The van der Waals surface area contributed by atoms with Crippen LogP contribution in [0.4, 0.5) is 5.69 Å². The lowest BCUT2D eigenvalue weighted by molar-refractivity contribution is -0.120. The predicted molar refractivity (Wildman–Crippen MR) is 73.7 cm³/mol. The lowest BCUT2D eigenvalue weighted by Gasteiger charge is -2.14. The molecule has 1 heterocycles. The average molecular weight is 282 g/mol. The van der Waals surface area contributed by atoms with E-state index >= 15 is 0 Å². The monoisotopic (exact) mass is 282 g/mol. The van der Waals surface area contributed by atoms with Gasteiger partial charge in [-0.05, 0) is 36.7 Å². The van der Waals surface area contributed by atoms with Gasteiger partial charge >= 0.3 is 0 Å². The van der Waals surface area contributed by atoms with Crippen molar-refractivity contribution in [3.8, 4) is 0 Å². The smallest absolute Gasteiger partial charge is 0.229 e. The Kier molecular flexibility index (Phi) is 3.91. The van der Waals surface area contributed by atoms with Crippen molar-refractivity contribution in [3.63, 3.8) is 0 Å². The summed E-state index contributed by atoms with van der Waals surface area (Å²) >= 11 is 0. The van der Waals surface area contributed by atoms with Crippen molar-refractivity contribution in [2.45, 2.75) is 11.8 Å². The number of carbonyl (C=O) groups is 1. The molecule has 0 aliphatic carbocycles. The van der Waals surface area contributed by atoms with Crippen LogP contribution < -0.4 is 10.6 Å². The molecule has 0 spiro atoms. The molecule has 0 unspecified atom stereocenters. The maximum atomic E-state index is 12.0. The van der Waals surface area contributed by atoms with Crippen molar-refractivity contribution < 1.29 is 13.2 Å². The van der Waals surface area contributed by atoms with Crippen molar-refractivity contribution in [2.75, 3.05) is 24.7 Å². The van der Waals surface area contributed by atoms with Gasteiger partial charge in [0.2, 0.25) is 5.91 Å². The first-order valence-electron chi connectivity index (χ1n) is 6.19. The van der Waals surface area contributed by atoms with Crippen molar-refractivity contribution in [1.82, 2.24) is 5.32 Å². The summed E-state index contributed by atoms with van der Waals surface area (Å²) in [5.41, 5.74) is 0.622. The van der Waals surface area contributed by atoms with Crippen molar-refractivity contribution in [3.05, 3.63) is 24.3 Å². The summed E-state index contributed by atoms with van der Waals surface area (Å²) in [5.74, 6) is 0.259. The number of amides is 1. The van der Waals surface area contributed by atoms with Crippen LogP contribution in [-0.2, 0) is 14.6 Å². The Labute approximate surface area is 113 Å². The number of benzene rings is 1. The van der Waals surface area contributed by atoms with Gasteiger partial charge in [0.25, 0.3) is 0 Å². The summed E-state index contributed by atoms with van der Waals surface area (Å²) in [6.45, 7) is 3.58. The third-order valence-corrected chi connectivity index (χ3v) is 4.53. The first kappa shape index (κ1) is 14.0. The molecule has 0 aromatic heterocycles. The molecule has 6 heteroatoms. The predicted octanol–water partition coefficient (Wildman–Crippen LogP) is 0.884. The maximum absolute atomic E-state index is 12.0. The van der Waals surface area contributed by atoms with E-state index in [1.54, 1.807) is 12.1 Å². The van der Waals surface area contributed by atoms with Crippen molar-refractivity contribution in [1.29, 1.82) is 0 Å². The first-order valence-corrected chi connectivity index (χ1v) is 8.09. The highest BCUT2D eigenvalue weighted by molar-refractivity contribution is 7.90. The minimum atomic E-state index is -3.20. The summed E-state index contributed by atoms with van der Waals surface area (Å²) < 4.78 is 22.6. The molecule has 2 N–H and O–H groups in total. The summed E-state index contributed by atoms with van der Waals surface area (Å²) in [6, 6.07) is 6.23. The molecule has 1 fully saturated rings. The number of anilines is 1. The number of carbonyl (C=O) groups excluding carboxylic acids is 1. The normalized spacial score (nSPS) is 23.3. The molecule has 0 radical (unpaired) electrons. The number of sulfone groups is 1. The van der Waals surface area contributed by atoms with Crippen LogP contribution in [0.5, 0.6) is 0 Å². The van der Waals surface area contributed by atoms with Gasteiger partial charge in [-0.15, -0.1) is 0 Å².